The summed E-state index contributed by atoms with van der Waals surface area (Å²) in [6, 6.07) is 7.12. The zero-order valence-corrected chi connectivity index (χ0v) is 15.7. The average Bonchev–Trinajstić information content (AvgIpc) is 2.99. The van der Waals surface area contributed by atoms with Crippen LogP contribution in [0.1, 0.15) is 13.8 Å². The number of piperidine rings is 1. The van der Waals surface area contributed by atoms with Gasteiger partial charge in [0.25, 0.3) is 0 Å². The lowest BCUT2D eigenvalue weighted by molar-refractivity contribution is 0.145. The highest BCUT2D eigenvalue weighted by Crippen LogP contribution is 2.60. The fraction of sp³-hybridized carbons (Fsp3) is 0.579. The molecule has 1 aliphatic carbocycles. The van der Waals surface area contributed by atoms with Crippen molar-refractivity contribution in [3.05, 3.63) is 34.5 Å². The van der Waals surface area contributed by atoms with E-state index in [-0.39, 0.29) is 24.3 Å². The summed E-state index contributed by atoms with van der Waals surface area (Å²) in [5, 5.41) is 12.7. The Bertz CT molecular complexity index is 894. The van der Waals surface area contributed by atoms with Crippen molar-refractivity contribution in [1.29, 1.82) is 5.26 Å². The van der Waals surface area contributed by atoms with E-state index >= 15 is 0 Å². The molecule has 0 radical (unpaired) electrons. The number of carbonyl (C=O) groups excluding carboxylic acids is 1. The lowest BCUT2D eigenvalue weighted by Crippen LogP contribution is -2.29. The number of carbonyl (C=O) groups is 1. The number of nitriles is 1. The molecule has 8 nitrogen and oxygen atoms in total. The molecular formula is C19H21FN6O2. The van der Waals surface area contributed by atoms with E-state index in [9.17, 15) is 14.4 Å². The molecule has 4 atom stereocenters. The summed E-state index contributed by atoms with van der Waals surface area (Å²) in [4.78, 5) is 18.0. The van der Waals surface area contributed by atoms with Crippen molar-refractivity contribution in [1.82, 2.24) is 0 Å². The van der Waals surface area contributed by atoms with Crippen LogP contribution < -0.4 is 9.80 Å². The molecule has 1 aromatic rings. The van der Waals surface area contributed by atoms with Crippen molar-refractivity contribution in [2.75, 3.05) is 36.0 Å². The zero-order valence-electron chi connectivity index (χ0n) is 15.7. The summed E-state index contributed by atoms with van der Waals surface area (Å²) in [6.07, 6.45) is -1.11. The van der Waals surface area contributed by atoms with E-state index in [0.29, 0.717) is 29.1 Å². The third-order valence-electron chi connectivity index (χ3n) is 6.12. The van der Waals surface area contributed by atoms with Gasteiger partial charge in [0.15, 0.2) is 0 Å². The summed E-state index contributed by atoms with van der Waals surface area (Å²) in [5.41, 5.74) is 8.97. The fourth-order valence-electron chi connectivity index (χ4n) is 4.74. The summed E-state index contributed by atoms with van der Waals surface area (Å²) >= 11 is 0. The number of amides is 1. The van der Waals surface area contributed by atoms with E-state index in [4.69, 9.17) is 10.3 Å². The molecule has 0 aromatic heterocycles. The second-order valence-corrected chi connectivity index (χ2v) is 8.26. The first-order valence-corrected chi connectivity index (χ1v) is 9.30. The van der Waals surface area contributed by atoms with E-state index in [0.717, 1.165) is 13.1 Å². The number of fused-ring (bicyclic) bond motifs is 1. The van der Waals surface area contributed by atoms with Crippen LogP contribution >= 0.6 is 0 Å². The van der Waals surface area contributed by atoms with Gasteiger partial charge in [0.1, 0.15) is 11.9 Å². The molecule has 1 aromatic carbocycles. The molecule has 3 aliphatic rings. The molecule has 0 N–H and O–H groups in total. The first-order chi connectivity index (χ1) is 13.4. The summed E-state index contributed by atoms with van der Waals surface area (Å²) in [5.74, 6) is 0.858. The molecule has 2 saturated heterocycles. The first kappa shape index (κ1) is 18.4. The Labute approximate surface area is 162 Å². The van der Waals surface area contributed by atoms with Gasteiger partial charge in [-0.1, -0.05) is 5.11 Å². The number of halogens is 1. The van der Waals surface area contributed by atoms with Crippen LogP contribution in [0.15, 0.2) is 23.3 Å². The second kappa shape index (κ2) is 6.57. The molecule has 1 unspecified atom stereocenters. The molecule has 4 rings (SSSR count). The minimum atomic E-state index is -0.575. The smallest absolute Gasteiger partial charge is 0.414 e. The van der Waals surface area contributed by atoms with Crippen molar-refractivity contribution in [3.8, 4) is 6.07 Å². The molecule has 0 spiro atoms. The highest BCUT2D eigenvalue weighted by atomic mass is 19.1. The highest BCUT2D eigenvalue weighted by Gasteiger charge is 2.61. The highest BCUT2D eigenvalue weighted by molar-refractivity contribution is 5.90. The number of benzene rings is 1. The van der Waals surface area contributed by atoms with Gasteiger partial charge in [-0.15, -0.1) is 0 Å². The van der Waals surface area contributed by atoms with Gasteiger partial charge in [-0.05, 0) is 55.3 Å². The second-order valence-electron chi connectivity index (χ2n) is 8.26. The van der Waals surface area contributed by atoms with Gasteiger partial charge in [-0.3, -0.25) is 4.90 Å². The van der Waals surface area contributed by atoms with Gasteiger partial charge in [-0.2, -0.15) is 5.26 Å². The third kappa shape index (κ3) is 3.00. The first-order valence-electron chi connectivity index (χ1n) is 9.30. The number of ether oxygens (including phenoxy) is 1. The molecule has 3 fully saturated rings. The molecular weight excluding hydrogens is 363 g/mol. The SMILES string of the molecule is CC(C)(C#N)C1[C@H]2CN(c3ccc(N4C[C@H](CN=[N+]=[N-])OC4=O)cc3F)C[C@@H]12. The van der Waals surface area contributed by atoms with E-state index in [1.54, 1.807) is 12.1 Å². The van der Waals surface area contributed by atoms with Gasteiger partial charge in [0.05, 0.1) is 35.9 Å². The molecule has 28 heavy (non-hydrogen) atoms. The minimum Gasteiger partial charge on any atom is -0.444 e. The van der Waals surface area contributed by atoms with E-state index in [2.05, 4.69) is 16.1 Å². The Morgan fingerprint density at radius 3 is 2.71 bits per heavy atom. The standard InChI is InChI=1S/C19H21FN6O2/c1-19(2,10-21)17-13-8-25(9-14(13)17)16-4-3-11(5-15(16)20)26-7-12(6-23-24-22)28-18(26)27/h3-5,12-14,17H,6-9H2,1-2H3/t12-,13-,14+,17?/m0/s1. The monoisotopic (exact) mass is 384 g/mol. The fourth-order valence-corrected chi connectivity index (χ4v) is 4.74. The number of cyclic esters (lactones) is 1. The van der Waals surface area contributed by atoms with Gasteiger partial charge >= 0.3 is 6.09 Å². The van der Waals surface area contributed by atoms with Crippen LogP contribution in [0.25, 0.3) is 10.4 Å². The maximum atomic E-state index is 14.8. The van der Waals surface area contributed by atoms with E-state index < -0.39 is 12.2 Å². The average molecular weight is 384 g/mol. The molecule has 1 amide bonds. The van der Waals surface area contributed by atoms with Crippen molar-refractivity contribution < 1.29 is 13.9 Å². The number of rotatable bonds is 5. The summed E-state index contributed by atoms with van der Waals surface area (Å²) < 4.78 is 19.9. The summed E-state index contributed by atoms with van der Waals surface area (Å²) in [6.45, 7) is 5.71. The molecule has 0 bridgehead atoms. The van der Waals surface area contributed by atoms with E-state index in [1.807, 2.05) is 18.7 Å². The van der Waals surface area contributed by atoms with Crippen molar-refractivity contribution in [3.63, 3.8) is 0 Å². The normalized spacial score (nSPS) is 28.4. The van der Waals surface area contributed by atoms with Crippen molar-refractivity contribution in [2.24, 2.45) is 28.3 Å². The number of hydrogen-bond donors (Lipinski definition) is 0. The zero-order chi connectivity index (χ0) is 20.1. The Morgan fingerprint density at radius 1 is 1.39 bits per heavy atom. The van der Waals surface area contributed by atoms with E-state index in [1.165, 1.54) is 11.0 Å². The van der Waals surface area contributed by atoms with Gasteiger partial charge in [-0.25, -0.2) is 9.18 Å². The Morgan fingerprint density at radius 2 is 2.11 bits per heavy atom. The van der Waals surface area contributed by atoms with Gasteiger partial charge in [0, 0.05) is 18.0 Å². The van der Waals surface area contributed by atoms with Crippen LogP contribution in [0.3, 0.4) is 0 Å². The Balaban J connectivity index is 1.44. The van der Waals surface area contributed by atoms with Crippen LogP contribution in [0.2, 0.25) is 0 Å². The maximum Gasteiger partial charge on any atom is 0.414 e. The predicted octanol–water partition coefficient (Wildman–Crippen LogP) is 3.69. The number of nitrogens with zero attached hydrogens (tertiary/aromatic N) is 6. The van der Waals surface area contributed by atoms with Crippen molar-refractivity contribution in [2.45, 2.75) is 20.0 Å². The lowest BCUT2D eigenvalue weighted by Gasteiger charge is -2.26. The van der Waals surface area contributed by atoms with Gasteiger partial charge < -0.3 is 9.64 Å². The Kier molecular flexibility index (Phi) is 4.31. The Hall–Kier alpha value is -2.98. The molecule has 2 heterocycles. The third-order valence-corrected chi connectivity index (χ3v) is 6.12. The molecule has 9 heteroatoms. The van der Waals surface area contributed by atoms with Crippen molar-refractivity contribution >= 4 is 17.5 Å². The maximum absolute atomic E-state index is 14.8. The van der Waals surface area contributed by atoms with Crippen LogP contribution in [-0.2, 0) is 4.74 Å². The summed E-state index contributed by atoms with van der Waals surface area (Å²) in [7, 11) is 0. The van der Waals surface area contributed by atoms with Gasteiger partial charge in [0.2, 0.25) is 0 Å². The molecule has 2 aliphatic heterocycles. The quantitative estimate of drug-likeness (QED) is 0.438. The number of hydrogen-bond acceptors (Lipinski definition) is 5. The predicted molar refractivity (Wildman–Crippen MR) is 100 cm³/mol. The van der Waals surface area contributed by atoms with Crippen LogP contribution in [0.4, 0.5) is 20.6 Å². The lowest BCUT2D eigenvalue weighted by atomic mass is 9.86. The van der Waals surface area contributed by atoms with Crippen LogP contribution in [0, 0.1) is 40.3 Å². The number of azide groups is 1. The number of anilines is 2. The largest absolute Gasteiger partial charge is 0.444 e. The topological polar surface area (TPSA) is 105 Å². The van der Waals surface area contributed by atoms with Crippen LogP contribution in [-0.4, -0.2) is 38.4 Å². The molecule has 146 valence electrons. The minimum absolute atomic E-state index is 0.0517. The van der Waals surface area contributed by atoms with Crippen LogP contribution in [0.5, 0.6) is 0 Å². The molecule has 1 saturated carbocycles.